The number of amides is 1. The minimum absolute atomic E-state index is 0.113. The average molecular weight is 442 g/mol. The molecule has 2 aromatic carbocycles. The van der Waals surface area contributed by atoms with Crippen molar-refractivity contribution < 1.29 is 14.0 Å². The molecule has 2 aromatic rings. The standard InChI is InChI=1S/C26H39NO3Si/c1-25(2,3)30-24(28)27(19-20-29-31(7,8)26(4,5)6)23(21-15-11-9-12-16-21)22-17-13-10-14-18-22/h9-18,23H,19-20H2,1-8H3. The lowest BCUT2D eigenvalue weighted by Gasteiger charge is -2.38. The minimum atomic E-state index is -1.93. The summed E-state index contributed by atoms with van der Waals surface area (Å²) in [5.74, 6) is 0. The summed E-state index contributed by atoms with van der Waals surface area (Å²) >= 11 is 0. The van der Waals surface area contributed by atoms with Gasteiger partial charge in [0.25, 0.3) is 0 Å². The number of hydrogen-bond acceptors (Lipinski definition) is 3. The number of carbonyl (C=O) groups is 1. The Hall–Kier alpha value is -2.11. The first-order chi connectivity index (χ1) is 14.3. The van der Waals surface area contributed by atoms with Crippen LogP contribution in [-0.2, 0) is 9.16 Å². The lowest BCUT2D eigenvalue weighted by molar-refractivity contribution is 0.0159. The second-order valence-corrected chi connectivity index (χ2v) is 15.3. The Kier molecular flexibility index (Phi) is 8.12. The SMILES string of the molecule is CC(C)(C)OC(=O)N(CCO[Si](C)(C)C(C)(C)C)C(c1ccccc1)c1ccccc1. The molecule has 0 heterocycles. The molecule has 170 valence electrons. The first kappa shape index (κ1) is 25.2. The zero-order valence-corrected chi connectivity index (χ0v) is 21.4. The quantitative estimate of drug-likeness (QED) is 0.433. The van der Waals surface area contributed by atoms with Gasteiger partial charge in [-0.1, -0.05) is 81.4 Å². The third-order valence-corrected chi connectivity index (χ3v) is 10.3. The number of rotatable bonds is 7. The molecule has 0 saturated heterocycles. The average Bonchev–Trinajstić information content (AvgIpc) is 2.66. The molecule has 0 unspecified atom stereocenters. The van der Waals surface area contributed by atoms with Crippen LogP contribution >= 0.6 is 0 Å². The van der Waals surface area contributed by atoms with E-state index in [9.17, 15) is 4.79 Å². The van der Waals surface area contributed by atoms with E-state index in [4.69, 9.17) is 9.16 Å². The molecule has 0 N–H and O–H groups in total. The summed E-state index contributed by atoms with van der Waals surface area (Å²) < 4.78 is 12.2. The molecule has 4 nitrogen and oxygen atoms in total. The summed E-state index contributed by atoms with van der Waals surface area (Å²) in [7, 11) is -1.93. The van der Waals surface area contributed by atoms with E-state index < -0.39 is 13.9 Å². The van der Waals surface area contributed by atoms with Gasteiger partial charge in [-0.05, 0) is 50.0 Å². The topological polar surface area (TPSA) is 38.8 Å². The van der Waals surface area contributed by atoms with Crippen LogP contribution in [0.15, 0.2) is 60.7 Å². The number of nitrogens with zero attached hydrogens (tertiary/aromatic N) is 1. The van der Waals surface area contributed by atoms with Gasteiger partial charge in [0, 0.05) is 6.54 Å². The van der Waals surface area contributed by atoms with E-state index in [1.165, 1.54) is 0 Å². The van der Waals surface area contributed by atoms with Gasteiger partial charge in [-0.15, -0.1) is 0 Å². The van der Waals surface area contributed by atoms with Crippen molar-refractivity contribution in [2.24, 2.45) is 0 Å². The van der Waals surface area contributed by atoms with Crippen molar-refractivity contribution >= 4 is 14.4 Å². The Morgan fingerprint density at radius 1 is 0.871 bits per heavy atom. The summed E-state index contributed by atoms with van der Waals surface area (Å²) in [6.45, 7) is 17.8. The van der Waals surface area contributed by atoms with Crippen LogP contribution in [0.2, 0.25) is 18.1 Å². The Morgan fingerprint density at radius 3 is 1.71 bits per heavy atom. The maximum Gasteiger partial charge on any atom is 0.411 e. The molecule has 1 amide bonds. The molecular formula is C26H39NO3Si. The number of ether oxygens (including phenoxy) is 1. The van der Waals surface area contributed by atoms with Crippen molar-refractivity contribution in [3.63, 3.8) is 0 Å². The zero-order chi connectivity index (χ0) is 23.3. The summed E-state index contributed by atoms with van der Waals surface area (Å²) in [6, 6.07) is 20.0. The number of benzene rings is 2. The van der Waals surface area contributed by atoms with E-state index in [0.29, 0.717) is 13.2 Å². The molecule has 5 heteroatoms. The predicted molar refractivity (Wildman–Crippen MR) is 131 cm³/mol. The lowest BCUT2D eigenvalue weighted by atomic mass is 9.97. The Morgan fingerprint density at radius 2 is 1.32 bits per heavy atom. The second-order valence-electron chi connectivity index (χ2n) is 10.5. The normalized spacial score (nSPS) is 12.7. The molecule has 0 bridgehead atoms. The molecule has 0 radical (unpaired) electrons. The predicted octanol–water partition coefficient (Wildman–Crippen LogP) is 7.03. The highest BCUT2D eigenvalue weighted by atomic mass is 28.4. The van der Waals surface area contributed by atoms with Crippen molar-refractivity contribution in [1.29, 1.82) is 0 Å². The third-order valence-electron chi connectivity index (χ3n) is 5.77. The van der Waals surface area contributed by atoms with Gasteiger partial charge in [0.15, 0.2) is 8.32 Å². The van der Waals surface area contributed by atoms with E-state index in [0.717, 1.165) is 11.1 Å². The fraction of sp³-hybridized carbons (Fsp3) is 0.500. The summed E-state index contributed by atoms with van der Waals surface area (Å²) in [5.41, 5.74) is 1.52. The molecule has 0 saturated carbocycles. The summed E-state index contributed by atoms with van der Waals surface area (Å²) in [6.07, 6.45) is -0.330. The smallest absolute Gasteiger partial charge is 0.411 e. The number of hydrogen-bond donors (Lipinski definition) is 0. The molecule has 0 atom stereocenters. The van der Waals surface area contributed by atoms with E-state index >= 15 is 0 Å². The van der Waals surface area contributed by atoms with Gasteiger partial charge in [-0.25, -0.2) is 4.79 Å². The van der Waals surface area contributed by atoms with Gasteiger partial charge in [0.1, 0.15) is 5.60 Å². The Labute approximate surface area is 189 Å². The second kappa shape index (κ2) is 10.0. The van der Waals surface area contributed by atoms with Gasteiger partial charge >= 0.3 is 6.09 Å². The monoisotopic (exact) mass is 441 g/mol. The highest BCUT2D eigenvalue weighted by Crippen LogP contribution is 2.37. The van der Waals surface area contributed by atoms with Crippen molar-refractivity contribution in [3.05, 3.63) is 71.8 Å². The van der Waals surface area contributed by atoms with Crippen molar-refractivity contribution in [3.8, 4) is 0 Å². The third kappa shape index (κ3) is 7.22. The zero-order valence-electron chi connectivity index (χ0n) is 20.4. The highest BCUT2D eigenvalue weighted by molar-refractivity contribution is 6.74. The van der Waals surface area contributed by atoms with E-state index in [1.54, 1.807) is 0 Å². The molecule has 31 heavy (non-hydrogen) atoms. The molecular weight excluding hydrogens is 402 g/mol. The molecule has 0 aliphatic carbocycles. The first-order valence-corrected chi connectivity index (χ1v) is 14.0. The van der Waals surface area contributed by atoms with Gasteiger partial charge in [-0.3, -0.25) is 4.90 Å². The maximum absolute atomic E-state index is 13.4. The maximum atomic E-state index is 13.4. The molecule has 0 aliphatic heterocycles. The van der Waals surface area contributed by atoms with Gasteiger partial charge in [0.05, 0.1) is 12.6 Å². The fourth-order valence-electron chi connectivity index (χ4n) is 3.09. The van der Waals surface area contributed by atoms with Crippen LogP contribution in [0.1, 0.15) is 58.7 Å². The van der Waals surface area contributed by atoms with Gasteiger partial charge < -0.3 is 9.16 Å². The van der Waals surface area contributed by atoms with Crippen molar-refractivity contribution in [2.45, 2.75) is 71.3 Å². The van der Waals surface area contributed by atoms with Crippen LogP contribution in [0.25, 0.3) is 0 Å². The molecule has 0 aliphatic rings. The van der Waals surface area contributed by atoms with Crippen LogP contribution in [0.3, 0.4) is 0 Å². The van der Waals surface area contributed by atoms with Crippen LogP contribution in [0.5, 0.6) is 0 Å². The minimum Gasteiger partial charge on any atom is -0.444 e. The highest BCUT2D eigenvalue weighted by Gasteiger charge is 2.38. The summed E-state index contributed by atoms with van der Waals surface area (Å²) in [4.78, 5) is 15.2. The van der Waals surface area contributed by atoms with E-state index in [2.05, 4.69) is 58.1 Å². The lowest BCUT2D eigenvalue weighted by Crippen LogP contribution is -2.45. The number of carbonyl (C=O) groups excluding carboxylic acids is 1. The van der Waals surface area contributed by atoms with Crippen LogP contribution in [0, 0.1) is 0 Å². The van der Waals surface area contributed by atoms with Gasteiger partial charge in [-0.2, -0.15) is 0 Å². The molecule has 2 rings (SSSR count). The fourth-order valence-corrected chi connectivity index (χ4v) is 4.12. The summed E-state index contributed by atoms with van der Waals surface area (Å²) in [5, 5.41) is 0.113. The largest absolute Gasteiger partial charge is 0.444 e. The van der Waals surface area contributed by atoms with Crippen LogP contribution in [0.4, 0.5) is 4.79 Å². The first-order valence-electron chi connectivity index (χ1n) is 11.1. The van der Waals surface area contributed by atoms with Gasteiger partial charge in [0.2, 0.25) is 0 Å². The van der Waals surface area contributed by atoms with E-state index in [-0.39, 0.29) is 17.2 Å². The van der Waals surface area contributed by atoms with Crippen LogP contribution < -0.4 is 0 Å². The molecule has 0 spiro atoms. The molecule has 0 aromatic heterocycles. The molecule has 0 fully saturated rings. The Balaban J connectivity index is 2.39. The van der Waals surface area contributed by atoms with Crippen LogP contribution in [-0.4, -0.2) is 38.1 Å². The Bertz CT molecular complexity index is 784. The van der Waals surface area contributed by atoms with E-state index in [1.807, 2.05) is 62.1 Å². The van der Waals surface area contributed by atoms with Crippen molar-refractivity contribution in [2.75, 3.05) is 13.2 Å². The van der Waals surface area contributed by atoms with Crippen molar-refractivity contribution in [1.82, 2.24) is 4.90 Å².